The van der Waals surface area contributed by atoms with E-state index in [1.807, 2.05) is 48.5 Å². The smallest absolute Gasteiger partial charge is 0.306 e. The Labute approximate surface area is 153 Å². The first-order valence-electron chi connectivity index (χ1n) is 8.94. The number of ether oxygens (including phenoxy) is 1. The molecule has 1 atom stereocenters. The molecule has 0 unspecified atom stereocenters. The van der Waals surface area contributed by atoms with Gasteiger partial charge in [0.2, 0.25) is 0 Å². The molecule has 0 fully saturated rings. The number of hydrogen-bond donors (Lipinski definition) is 1. The molecule has 0 heterocycles. The molecule has 1 aliphatic rings. The molecule has 4 heteroatoms. The number of anilines is 1. The molecule has 0 aromatic heterocycles. The maximum atomic E-state index is 12.2. The van der Waals surface area contributed by atoms with E-state index in [1.165, 1.54) is 5.56 Å². The third-order valence-corrected chi connectivity index (χ3v) is 4.43. The van der Waals surface area contributed by atoms with Crippen molar-refractivity contribution in [2.75, 3.05) is 11.9 Å². The van der Waals surface area contributed by atoms with Crippen molar-refractivity contribution in [3.8, 4) is 0 Å². The van der Waals surface area contributed by atoms with Crippen molar-refractivity contribution in [1.29, 1.82) is 0 Å². The second kappa shape index (κ2) is 8.99. The highest BCUT2D eigenvalue weighted by Gasteiger charge is 2.16. The van der Waals surface area contributed by atoms with Crippen LogP contribution in [0.15, 0.2) is 66.7 Å². The summed E-state index contributed by atoms with van der Waals surface area (Å²) >= 11 is 0. The molecule has 1 aliphatic carbocycles. The van der Waals surface area contributed by atoms with Gasteiger partial charge in [-0.25, -0.2) is 0 Å². The highest BCUT2D eigenvalue weighted by atomic mass is 16.5. The number of allylic oxidation sites excluding steroid dienone is 2. The van der Waals surface area contributed by atoms with Crippen molar-refractivity contribution in [3.63, 3.8) is 0 Å². The van der Waals surface area contributed by atoms with Crippen molar-refractivity contribution < 1.29 is 14.3 Å². The quantitative estimate of drug-likeness (QED) is 0.604. The molecule has 134 valence electrons. The van der Waals surface area contributed by atoms with Crippen LogP contribution in [0.1, 0.15) is 30.4 Å². The molecule has 4 nitrogen and oxygen atoms in total. The summed E-state index contributed by atoms with van der Waals surface area (Å²) in [6.45, 7) is -0.255. The van der Waals surface area contributed by atoms with Gasteiger partial charge in [0.05, 0.1) is 6.42 Å². The number of nitrogens with one attached hydrogen (secondary N) is 1. The fourth-order valence-electron chi connectivity index (χ4n) is 3.08. The molecule has 0 saturated heterocycles. The predicted molar refractivity (Wildman–Crippen MR) is 102 cm³/mol. The highest BCUT2D eigenvalue weighted by molar-refractivity contribution is 5.93. The largest absolute Gasteiger partial charge is 0.456 e. The maximum Gasteiger partial charge on any atom is 0.306 e. The number of carbonyl (C=O) groups is 2. The van der Waals surface area contributed by atoms with E-state index in [-0.39, 0.29) is 24.4 Å². The van der Waals surface area contributed by atoms with Gasteiger partial charge in [-0.1, -0.05) is 60.7 Å². The summed E-state index contributed by atoms with van der Waals surface area (Å²) in [6, 6.07) is 17.8. The number of carbonyl (C=O) groups excluding carboxylic acids is 2. The summed E-state index contributed by atoms with van der Waals surface area (Å²) in [7, 11) is 0. The van der Waals surface area contributed by atoms with Crippen LogP contribution in [0, 0.1) is 5.92 Å². The van der Waals surface area contributed by atoms with Gasteiger partial charge in [-0.05, 0) is 42.4 Å². The van der Waals surface area contributed by atoms with E-state index in [0.717, 1.165) is 30.5 Å². The van der Waals surface area contributed by atoms with Crippen LogP contribution in [-0.4, -0.2) is 18.5 Å². The van der Waals surface area contributed by atoms with Gasteiger partial charge in [-0.3, -0.25) is 9.59 Å². The fourth-order valence-corrected chi connectivity index (χ4v) is 3.08. The Bertz CT molecular complexity index is 783. The number of para-hydroxylation sites is 1. The van der Waals surface area contributed by atoms with Gasteiger partial charge in [0.25, 0.3) is 5.91 Å². The van der Waals surface area contributed by atoms with Crippen LogP contribution in [0.2, 0.25) is 0 Å². The van der Waals surface area contributed by atoms with Crippen LogP contribution in [0.4, 0.5) is 5.69 Å². The summed E-state index contributed by atoms with van der Waals surface area (Å²) in [6.07, 6.45) is 7.18. The van der Waals surface area contributed by atoms with Crippen molar-refractivity contribution in [2.45, 2.75) is 25.7 Å². The number of benzene rings is 2. The minimum atomic E-state index is -0.325. The Morgan fingerprint density at radius 2 is 1.81 bits per heavy atom. The summed E-state index contributed by atoms with van der Waals surface area (Å²) in [5.74, 6) is -0.396. The summed E-state index contributed by atoms with van der Waals surface area (Å²) in [5, 5.41) is 2.85. The van der Waals surface area contributed by atoms with E-state index in [4.69, 9.17) is 4.74 Å². The van der Waals surface area contributed by atoms with Crippen molar-refractivity contribution in [2.24, 2.45) is 5.92 Å². The first kappa shape index (κ1) is 17.9. The standard InChI is InChI=1S/C22H23NO3/c24-21(16-26-22(25)15-18-10-4-5-11-18)23-20-13-7-6-12-19(20)14-17-8-2-1-3-9-17/h1-4,6-10,12-13,18H,5,11,14-16H2,(H,23,24)/t18-/m0/s1. The third-order valence-electron chi connectivity index (χ3n) is 4.43. The summed E-state index contributed by atoms with van der Waals surface area (Å²) < 4.78 is 5.11. The van der Waals surface area contributed by atoms with E-state index in [2.05, 4.69) is 23.5 Å². The number of rotatable bonds is 7. The molecule has 2 aromatic rings. The Hall–Kier alpha value is -2.88. The van der Waals surface area contributed by atoms with Crippen LogP contribution in [0.3, 0.4) is 0 Å². The van der Waals surface area contributed by atoms with Crippen LogP contribution >= 0.6 is 0 Å². The van der Waals surface area contributed by atoms with Gasteiger partial charge in [-0.2, -0.15) is 0 Å². The Kier molecular flexibility index (Phi) is 6.20. The molecule has 0 radical (unpaired) electrons. The lowest BCUT2D eigenvalue weighted by Gasteiger charge is -2.12. The Morgan fingerprint density at radius 3 is 2.58 bits per heavy atom. The summed E-state index contributed by atoms with van der Waals surface area (Å²) in [5.41, 5.74) is 2.94. The molecule has 1 amide bonds. The lowest BCUT2D eigenvalue weighted by Crippen LogP contribution is -2.22. The van der Waals surface area contributed by atoms with Gasteiger partial charge in [0, 0.05) is 5.69 Å². The zero-order valence-electron chi connectivity index (χ0n) is 14.7. The van der Waals surface area contributed by atoms with Gasteiger partial charge in [0.15, 0.2) is 6.61 Å². The van der Waals surface area contributed by atoms with Crippen LogP contribution in [0.25, 0.3) is 0 Å². The van der Waals surface area contributed by atoms with Crippen LogP contribution < -0.4 is 5.32 Å². The maximum absolute atomic E-state index is 12.2. The monoisotopic (exact) mass is 349 g/mol. The van der Waals surface area contributed by atoms with Crippen molar-refractivity contribution in [3.05, 3.63) is 77.9 Å². The first-order valence-corrected chi connectivity index (χ1v) is 8.94. The fraction of sp³-hybridized carbons (Fsp3) is 0.273. The normalized spacial score (nSPS) is 15.6. The van der Waals surface area contributed by atoms with Crippen LogP contribution in [-0.2, 0) is 20.7 Å². The zero-order chi connectivity index (χ0) is 18.2. The van der Waals surface area contributed by atoms with Gasteiger partial charge < -0.3 is 10.1 Å². The summed E-state index contributed by atoms with van der Waals surface area (Å²) in [4.78, 5) is 24.0. The lowest BCUT2D eigenvalue weighted by atomic mass is 10.0. The van der Waals surface area contributed by atoms with E-state index in [9.17, 15) is 9.59 Å². The molecule has 26 heavy (non-hydrogen) atoms. The highest BCUT2D eigenvalue weighted by Crippen LogP contribution is 2.21. The van der Waals surface area contributed by atoms with E-state index in [0.29, 0.717) is 6.42 Å². The topological polar surface area (TPSA) is 55.4 Å². The molecular formula is C22H23NO3. The SMILES string of the molecule is O=C(COC(=O)C[C@H]1C=CCC1)Nc1ccccc1Cc1ccccc1. The molecular weight excluding hydrogens is 326 g/mol. The Morgan fingerprint density at radius 1 is 1.04 bits per heavy atom. The minimum absolute atomic E-state index is 0.247. The first-order chi connectivity index (χ1) is 12.7. The number of amides is 1. The van der Waals surface area contributed by atoms with Crippen molar-refractivity contribution >= 4 is 17.6 Å². The van der Waals surface area contributed by atoms with E-state index >= 15 is 0 Å². The molecule has 1 N–H and O–H groups in total. The van der Waals surface area contributed by atoms with E-state index in [1.54, 1.807) is 0 Å². The van der Waals surface area contributed by atoms with Gasteiger partial charge in [-0.15, -0.1) is 0 Å². The molecule has 0 aliphatic heterocycles. The third kappa shape index (κ3) is 5.31. The number of hydrogen-bond acceptors (Lipinski definition) is 3. The number of esters is 1. The predicted octanol–water partition coefficient (Wildman–Crippen LogP) is 4.12. The lowest BCUT2D eigenvalue weighted by molar-refractivity contribution is -0.147. The molecule has 0 bridgehead atoms. The minimum Gasteiger partial charge on any atom is -0.456 e. The molecule has 0 saturated carbocycles. The molecule has 0 spiro atoms. The average molecular weight is 349 g/mol. The van der Waals surface area contributed by atoms with Gasteiger partial charge in [0.1, 0.15) is 0 Å². The average Bonchev–Trinajstić information content (AvgIpc) is 3.15. The van der Waals surface area contributed by atoms with Crippen LogP contribution in [0.5, 0.6) is 0 Å². The van der Waals surface area contributed by atoms with E-state index < -0.39 is 0 Å². The molecule has 2 aromatic carbocycles. The Balaban J connectivity index is 1.52. The van der Waals surface area contributed by atoms with Gasteiger partial charge >= 0.3 is 5.97 Å². The zero-order valence-corrected chi connectivity index (χ0v) is 14.7. The molecule has 3 rings (SSSR count). The second-order valence-electron chi connectivity index (χ2n) is 6.50. The second-order valence-corrected chi connectivity index (χ2v) is 6.50. The van der Waals surface area contributed by atoms with Crippen molar-refractivity contribution in [1.82, 2.24) is 0 Å².